The van der Waals surface area contributed by atoms with Crippen molar-refractivity contribution in [3.8, 4) is 11.5 Å². The molecule has 0 heterocycles. The van der Waals surface area contributed by atoms with Gasteiger partial charge in [0, 0.05) is 17.2 Å². The van der Waals surface area contributed by atoms with Crippen LogP contribution in [0.1, 0.15) is 45.7 Å². The Labute approximate surface area is 206 Å². The normalized spacial score (nSPS) is 13.8. The monoisotopic (exact) mass is 502 g/mol. The lowest BCUT2D eigenvalue weighted by molar-refractivity contribution is -0.0122. The smallest absolute Gasteiger partial charge is 0.156 e. The second-order valence-corrected chi connectivity index (χ2v) is 9.96. The van der Waals surface area contributed by atoms with Crippen molar-refractivity contribution in [3.63, 3.8) is 0 Å². The molecule has 0 saturated heterocycles. The molecule has 1 N–H and O–H groups in total. The van der Waals surface area contributed by atoms with Gasteiger partial charge in [0.05, 0.1) is 29.4 Å². The Morgan fingerprint density at radius 3 is 2.00 bits per heavy atom. The highest BCUT2D eigenvalue weighted by molar-refractivity contribution is 6.37. The molecule has 0 unspecified atom stereocenters. The van der Waals surface area contributed by atoms with Gasteiger partial charge in [0.2, 0.25) is 0 Å². The van der Waals surface area contributed by atoms with Crippen molar-refractivity contribution in [2.45, 2.75) is 52.2 Å². The van der Waals surface area contributed by atoms with Crippen LogP contribution < -0.4 is 9.47 Å². The third-order valence-corrected chi connectivity index (χ3v) is 6.22. The quantitative estimate of drug-likeness (QED) is 0.326. The summed E-state index contributed by atoms with van der Waals surface area (Å²) in [5.41, 5.74) is 1.70. The molecule has 2 aromatic carbocycles. The summed E-state index contributed by atoms with van der Waals surface area (Å²) in [6.45, 7) is 10.9. The molecule has 0 fully saturated rings. The Kier molecular flexibility index (Phi) is 10.4. The van der Waals surface area contributed by atoms with E-state index < -0.39 is 6.10 Å². The van der Waals surface area contributed by atoms with Crippen molar-refractivity contribution in [1.82, 2.24) is 0 Å². The molecule has 0 aliphatic carbocycles. The summed E-state index contributed by atoms with van der Waals surface area (Å²) in [7, 11) is 0. The number of hydrogen-bond donors (Lipinski definition) is 1. The minimum Gasteiger partial charge on any atom is -0.491 e. The van der Waals surface area contributed by atoms with Crippen molar-refractivity contribution in [1.29, 1.82) is 0 Å². The van der Waals surface area contributed by atoms with Crippen LogP contribution in [0.2, 0.25) is 10.0 Å². The van der Waals surface area contributed by atoms with Crippen LogP contribution in [0, 0.1) is 5.92 Å². The third kappa shape index (κ3) is 7.71. The van der Waals surface area contributed by atoms with Crippen molar-refractivity contribution in [3.05, 3.63) is 57.6 Å². The van der Waals surface area contributed by atoms with E-state index in [9.17, 15) is 5.11 Å². The first-order chi connectivity index (χ1) is 15.0. The van der Waals surface area contributed by atoms with E-state index >= 15 is 0 Å². The third-order valence-electron chi connectivity index (χ3n) is 5.14. The fourth-order valence-electron chi connectivity index (χ4n) is 3.01. The summed E-state index contributed by atoms with van der Waals surface area (Å²) in [5.74, 6) is 1.87. The topological polar surface area (TPSA) is 47.9 Å². The number of ether oxygens (including phenoxy) is 3. The van der Waals surface area contributed by atoms with Crippen LogP contribution in [0.15, 0.2) is 36.4 Å². The maximum Gasteiger partial charge on any atom is 0.156 e. The second kappa shape index (κ2) is 12.3. The zero-order valence-corrected chi connectivity index (χ0v) is 21.6. The Hall–Kier alpha value is -1.17. The molecule has 2 atom stereocenters. The standard InChI is InChI=1S/C25H33Cl3O4/c1-16(2)30-14-20(29)15-31-21-8-6-18(7-9-21)25(4,5)19-10-22(27)24(23(28)11-19)32-13-17(3)12-26/h6-11,16-17,20,29H,12-15H2,1-5H3/t17-,20+/m0/s1. The molecule has 0 bridgehead atoms. The van der Waals surface area contributed by atoms with Gasteiger partial charge in [-0.25, -0.2) is 0 Å². The van der Waals surface area contributed by atoms with E-state index in [1.54, 1.807) is 0 Å². The molecular weight excluding hydrogens is 471 g/mol. The maximum absolute atomic E-state index is 9.96. The molecular formula is C25H33Cl3O4. The van der Waals surface area contributed by atoms with Gasteiger partial charge in [0.1, 0.15) is 18.5 Å². The van der Waals surface area contributed by atoms with E-state index in [-0.39, 0.29) is 30.7 Å². The molecule has 7 heteroatoms. The number of hydrogen-bond acceptors (Lipinski definition) is 4. The molecule has 0 radical (unpaired) electrons. The largest absolute Gasteiger partial charge is 0.491 e. The molecule has 4 nitrogen and oxygen atoms in total. The van der Waals surface area contributed by atoms with E-state index in [1.807, 2.05) is 57.2 Å². The van der Waals surface area contributed by atoms with Crippen molar-refractivity contribution in [2.75, 3.05) is 25.7 Å². The Balaban J connectivity index is 2.09. The van der Waals surface area contributed by atoms with E-state index in [0.29, 0.717) is 34.0 Å². The van der Waals surface area contributed by atoms with Crippen LogP contribution in [-0.4, -0.2) is 43.0 Å². The highest BCUT2D eigenvalue weighted by Gasteiger charge is 2.26. The summed E-state index contributed by atoms with van der Waals surface area (Å²) >= 11 is 18.8. The number of aliphatic hydroxyl groups excluding tert-OH is 1. The average Bonchev–Trinajstić information content (AvgIpc) is 2.75. The SMILES string of the molecule is CC(C)OC[C@@H](O)COc1ccc(C(C)(C)c2cc(Cl)c(OC[C@@H](C)CCl)c(Cl)c2)cc1. The lowest BCUT2D eigenvalue weighted by Crippen LogP contribution is -2.25. The summed E-state index contributed by atoms with van der Waals surface area (Å²) in [5, 5.41) is 10.9. The second-order valence-electron chi connectivity index (χ2n) is 8.84. The molecule has 0 spiro atoms. The van der Waals surface area contributed by atoms with E-state index in [4.69, 9.17) is 49.0 Å². The van der Waals surface area contributed by atoms with Crippen molar-refractivity contribution < 1.29 is 19.3 Å². The highest BCUT2D eigenvalue weighted by Crippen LogP contribution is 2.40. The fraction of sp³-hybridized carbons (Fsp3) is 0.520. The Morgan fingerprint density at radius 2 is 1.47 bits per heavy atom. The van der Waals surface area contributed by atoms with Gasteiger partial charge >= 0.3 is 0 Å². The summed E-state index contributed by atoms with van der Waals surface area (Å²) in [6.07, 6.45) is -0.603. The van der Waals surface area contributed by atoms with Gasteiger partial charge in [-0.3, -0.25) is 0 Å². The first-order valence-electron chi connectivity index (χ1n) is 10.8. The molecule has 0 aliphatic rings. The van der Waals surface area contributed by atoms with Gasteiger partial charge in [0.25, 0.3) is 0 Å². The predicted octanol–water partition coefficient (Wildman–Crippen LogP) is 6.74. The minimum atomic E-state index is -0.675. The lowest BCUT2D eigenvalue weighted by Gasteiger charge is -2.27. The van der Waals surface area contributed by atoms with Crippen LogP contribution in [0.3, 0.4) is 0 Å². The number of halogens is 3. The Bertz CT molecular complexity index is 830. The highest BCUT2D eigenvalue weighted by atomic mass is 35.5. The maximum atomic E-state index is 9.96. The predicted molar refractivity (Wildman–Crippen MR) is 133 cm³/mol. The fourth-order valence-corrected chi connectivity index (χ4v) is 3.69. The van der Waals surface area contributed by atoms with E-state index in [1.165, 1.54) is 0 Å². The molecule has 0 amide bonds. The minimum absolute atomic E-state index is 0.0722. The molecule has 0 saturated carbocycles. The molecule has 0 aromatic heterocycles. The van der Waals surface area contributed by atoms with Gasteiger partial charge < -0.3 is 19.3 Å². The van der Waals surface area contributed by atoms with Gasteiger partial charge in [-0.2, -0.15) is 0 Å². The lowest BCUT2D eigenvalue weighted by atomic mass is 9.78. The van der Waals surface area contributed by atoms with E-state index in [2.05, 4.69) is 13.8 Å². The zero-order valence-electron chi connectivity index (χ0n) is 19.3. The molecule has 0 aliphatic heterocycles. The number of benzene rings is 2. The van der Waals surface area contributed by atoms with Gasteiger partial charge in [-0.05, 0) is 49.2 Å². The molecule has 2 aromatic rings. The van der Waals surface area contributed by atoms with Gasteiger partial charge in [-0.1, -0.05) is 56.1 Å². The molecule has 32 heavy (non-hydrogen) atoms. The first kappa shape index (κ1) is 27.1. The Morgan fingerprint density at radius 1 is 0.875 bits per heavy atom. The number of alkyl halides is 1. The van der Waals surface area contributed by atoms with Crippen LogP contribution >= 0.6 is 34.8 Å². The number of rotatable bonds is 12. The van der Waals surface area contributed by atoms with Crippen molar-refractivity contribution >= 4 is 34.8 Å². The number of aliphatic hydroxyl groups is 1. The average molecular weight is 504 g/mol. The first-order valence-corrected chi connectivity index (χ1v) is 12.0. The summed E-state index contributed by atoms with van der Waals surface area (Å²) in [6, 6.07) is 11.6. The van der Waals surface area contributed by atoms with Gasteiger partial charge in [0.15, 0.2) is 5.75 Å². The van der Waals surface area contributed by atoms with Crippen LogP contribution in [0.4, 0.5) is 0 Å². The van der Waals surface area contributed by atoms with Crippen LogP contribution in [0.25, 0.3) is 0 Å². The van der Waals surface area contributed by atoms with Crippen LogP contribution in [0.5, 0.6) is 11.5 Å². The molecule has 178 valence electrons. The van der Waals surface area contributed by atoms with E-state index in [0.717, 1.165) is 11.1 Å². The zero-order chi connectivity index (χ0) is 23.9. The summed E-state index contributed by atoms with van der Waals surface area (Å²) < 4.78 is 16.9. The van der Waals surface area contributed by atoms with Crippen molar-refractivity contribution in [2.24, 2.45) is 5.92 Å². The van der Waals surface area contributed by atoms with Crippen LogP contribution in [-0.2, 0) is 10.2 Å². The van der Waals surface area contributed by atoms with Gasteiger partial charge in [-0.15, -0.1) is 11.6 Å². The summed E-state index contributed by atoms with van der Waals surface area (Å²) in [4.78, 5) is 0. The molecule has 2 rings (SSSR count).